The van der Waals surface area contributed by atoms with E-state index in [1.807, 2.05) is 30.0 Å². The molecular formula is C24H25F2N3O3. The normalized spacial score (nSPS) is 17.9. The van der Waals surface area contributed by atoms with Crippen molar-refractivity contribution in [2.24, 2.45) is 0 Å². The molecule has 0 saturated carbocycles. The number of ketones is 1. The average Bonchev–Trinajstić information content (AvgIpc) is 2.77. The average molecular weight is 441 g/mol. The van der Waals surface area contributed by atoms with Crippen LogP contribution in [0, 0.1) is 11.6 Å². The van der Waals surface area contributed by atoms with Gasteiger partial charge in [-0.3, -0.25) is 9.59 Å². The Bertz CT molecular complexity index is 1060. The minimum Gasteiger partial charge on any atom is -0.491 e. The number of hydrogen-bond donors (Lipinski definition) is 1. The predicted molar refractivity (Wildman–Crippen MR) is 119 cm³/mol. The highest BCUT2D eigenvalue weighted by atomic mass is 19.1. The molecule has 1 heterocycles. The summed E-state index contributed by atoms with van der Waals surface area (Å²) < 4.78 is 32.9. The van der Waals surface area contributed by atoms with Crippen molar-refractivity contribution in [3.05, 3.63) is 59.2 Å². The SMILES string of the molecule is COc1c(F)cc(N2CCN(C(=O)CNc3ccc4c(c3)C=CC(=O)C4)C[C@H]2C)cc1F. The van der Waals surface area contributed by atoms with Gasteiger partial charge in [0, 0.05) is 55.6 Å². The Morgan fingerprint density at radius 1 is 1.16 bits per heavy atom. The molecule has 0 unspecified atom stereocenters. The number of ether oxygens (including phenoxy) is 1. The van der Waals surface area contributed by atoms with Crippen LogP contribution in [0.3, 0.4) is 0 Å². The minimum absolute atomic E-state index is 0.0490. The molecule has 2 aliphatic rings. The summed E-state index contributed by atoms with van der Waals surface area (Å²) in [5.74, 6) is -1.86. The Balaban J connectivity index is 1.35. The molecule has 1 aliphatic carbocycles. The number of fused-ring (bicyclic) bond motifs is 1. The molecular weight excluding hydrogens is 416 g/mol. The monoisotopic (exact) mass is 441 g/mol. The lowest BCUT2D eigenvalue weighted by Crippen LogP contribution is -2.54. The van der Waals surface area contributed by atoms with Crippen LogP contribution in [-0.2, 0) is 16.0 Å². The summed E-state index contributed by atoms with van der Waals surface area (Å²) in [6.45, 7) is 3.43. The molecule has 1 fully saturated rings. The molecule has 32 heavy (non-hydrogen) atoms. The van der Waals surface area contributed by atoms with E-state index >= 15 is 0 Å². The first-order chi connectivity index (χ1) is 15.4. The maximum atomic E-state index is 14.1. The molecule has 2 aromatic carbocycles. The third kappa shape index (κ3) is 4.44. The van der Waals surface area contributed by atoms with E-state index in [0.29, 0.717) is 31.7 Å². The number of hydrogen-bond acceptors (Lipinski definition) is 5. The second-order valence-corrected chi connectivity index (χ2v) is 8.07. The molecule has 1 N–H and O–H groups in total. The van der Waals surface area contributed by atoms with Crippen molar-refractivity contribution in [2.75, 3.05) is 43.5 Å². The molecule has 1 amide bonds. The number of methoxy groups -OCH3 is 1. The van der Waals surface area contributed by atoms with E-state index in [0.717, 1.165) is 16.8 Å². The highest BCUT2D eigenvalue weighted by Gasteiger charge is 2.28. The van der Waals surface area contributed by atoms with E-state index < -0.39 is 17.4 Å². The highest BCUT2D eigenvalue weighted by molar-refractivity contribution is 5.98. The summed E-state index contributed by atoms with van der Waals surface area (Å²) in [7, 11) is 1.23. The van der Waals surface area contributed by atoms with Crippen molar-refractivity contribution in [3.63, 3.8) is 0 Å². The van der Waals surface area contributed by atoms with Gasteiger partial charge in [-0.05, 0) is 36.3 Å². The van der Waals surface area contributed by atoms with Gasteiger partial charge >= 0.3 is 0 Å². The van der Waals surface area contributed by atoms with Crippen LogP contribution >= 0.6 is 0 Å². The molecule has 1 aliphatic heterocycles. The number of carbonyl (C=O) groups is 2. The Kier molecular flexibility index (Phi) is 6.12. The number of benzene rings is 2. The van der Waals surface area contributed by atoms with Crippen molar-refractivity contribution in [3.8, 4) is 5.75 Å². The summed E-state index contributed by atoms with van der Waals surface area (Å²) in [6.07, 6.45) is 3.76. The molecule has 2 aromatic rings. The Morgan fingerprint density at radius 2 is 1.91 bits per heavy atom. The van der Waals surface area contributed by atoms with Crippen LogP contribution in [-0.4, -0.2) is 55.9 Å². The van der Waals surface area contributed by atoms with Crippen molar-refractivity contribution < 1.29 is 23.1 Å². The molecule has 0 bridgehead atoms. The number of anilines is 2. The highest BCUT2D eigenvalue weighted by Crippen LogP contribution is 2.29. The first-order valence-electron chi connectivity index (χ1n) is 10.5. The molecule has 0 aromatic heterocycles. The third-order valence-corrected chi connectivity index (χ3v) is 5.90. The number of nitrogens with one attached hydrogen (secondary N) is 1. The first kappa shape index (κ1) is 21.8. The van der Waals surface area contributed by atoms with Crippen molar-refractivity contribution in [1.29, 1.82) is 0 Å². The van der Waals surface area contributed by atoms with Gasteiger partial charge in [0.25, 0.3) is 0 Å². The number of halogens is 2. The number of amides is 1. The van der Waals surface area contributed by atoms with Crippen LogP contribution in [0.4, 0.5) is 20.2 Å². The first-order valence-corrected chi connectivity index (χ1v) is 10.5. The Morgan fingerprint density at radius 3 is 2.59 bits per heavy atom. The predicted octanol–water partition coefficient (Wildman–Crippen LogP) is 3.26. The van der Waals surface area contributed by atoms with Crippen LogP contribution in [0.25, 0.3) is 6.08 Å². The van der Waals surface area contributed by atoms with Gasteiger partial charge in [-0.15, -0.1) is 0 Å². The van der Waals surface area contributed by atoms with Gasteiger partial charge in [0.1, 0.15) is 0 Å². The Labute approximate surface area is 185 Å². The minimum atomic E-state index is -0.748. The smallest absolute Gasteiger partial charge is 0.242 e. The fraction of sp³-hybridized carbons (Fsp3) is 0.333. The fourth-order valence-electron chi connectivity index (χ4n) is 4.21. The van der Waals surface area contributed by atoms with E-state index in [-0.39, 0.29) is 24.3 Å². The third-order valence-electron chi connectivity index (χ3n) is 5.90. The zero-order valence-corrected chi connectivity index (χ0v) is 18.0. The molecule has 8 heteroatoms. The number of piperazine rings is 1. The maximum Gasteiger partial charge on any atom is 0.242 e. The van der Waals surface area contributed by atoms with Gasteiger partial charge in [0.15, 0.2) is 23.2 Å². The molecule has 168 valence electrons. The lowest BCUT2D eigenvalue weighted by molar-refractivity contribution is -0.130. The van der Waals surface area contributed by atoms with Crippen LogP contribution in [0.5, 0.6) is 5.75 Å². The van der Waals surface area contributed by atoms with Gasteiger partial charge in [0.05, 0.1) is 13.7 Å². The quantitative estimate of drug-likeness (QED) is 0.772. The topological polar surface area (TPSA) is 61.9 Å². The summed E-state index contributed by atoms with van der Waals surface area (Å²) in [5.41, 5.74) is 3.19. The van der Waals surface area contributed by atoms with Crippen molar-refractivity contribution in [1.82, 2.24) is 4.90 Å². The van der Waals surface area contributed by atoms with E-state index in [4.69, 9.17) is 4.74 Å². The van der Waals surface area contributed by atoms with Crippen LogP contribution < -0.4 is 15.0 Å². The molecule has 0 radical (unpaired) electrons. The summed E-state index contributed by atoms with van der Waals surface area (Å²) in [4.78, 5) is 27.9. The zero-order valence-electron chi connectivity index (χ0n) is 18.0. The molecule has 4 rings (SSSR count). The summed E-state index contributed by atoms with van der Waals surface area (Å²) in [5, 5.41) is 3.15. The second kappa shape index (κ2) is 8.98. The van der Waals surface area contributed by atoms with E-state index in [1.165, 1.54) is 19.2 Å². The number of carbonyl (C=O) groups excluding carboxylic acids is 2. The number of rotatable bonds is 5. The van der Waals surface area contributed by atoms with Gasteiger partial charge in [0.2, 0.25) is 5.91 Å². The number of nitrogens with zero attached hydrogens (tertiary/aromatic N) is 2. The van der Waals surface area contributed by atoms with E-state index in [9.17, 15) is 18.4 Å². The number of allylic oxidation sites excluding steroid dienone is 1. The van der Waals surface area contributed by atoms with Crippen LogP contribution in [0.2, 0.25) is 0 Å². The standard InChI is InChI=1S/C24H25F2N3O3/c1-15-14-28(7-8-29(15)19-11-21(25)24(32-2)22(26)12-19)23(31)13-27-18-5-3-17-10-20(30)6-4-16(17)9-18/h3-6,9,11-12,15,27H,7-8,10,13-14H2,1-2H3/t15-/m1/s1. The van der Waals surface area contributed by atoms with Gasteiger partial charge < -0.3 is 19.9 Å². The van der Waals surface area contributed by atoms with E-state index in [1.54, 1.807) is 17.1 Å². The fourth-order valence-corrected chi connectivity index (χ4v) is 4.21. The van der Waals surface area contributed by atoms with Crippen molar-refractivity contribution >= 4 is 29.1 Å². The zero-order chi connectivity index (χ0) is 22.8. The molecule has 1 saturated heterocycles. The van der Waals surface area contributed by atoms with Gasteiger partial charge in [-0.2, -0.15) is 0 Å². The lowest BCUT2D eigenvalue weighted by atomic mass is 9.96. The Hall–Kier alpha value is -3.42. The molecule has 0 spiro atoms. The van der Waals surface area contributed by atoms with Crippen LogP contribution in [0.1, 0.15) is 18.1 Å². The second-order valence-electron chi connectivity index (χ2n) is 8.07. The summed E-state index contributed by atoms with van der Waals surface area (Å²) in [6, 6.07) is 8.11. The van der Waals surface area contributed by atoms with E-state index in [2.05, 4.69) is 5.32 Å². The van der Waals surface area contributed by atoms with Gasteiger partial charge in [-0.25, -0.2) is 8.78 Å². The molecule has 1 atom stereocenters. The van der Waals surface area contributed by atoms with Crippen molar-refractivity contribution in [2.45, 2.75) is 19.4 Å². The van der Waals surface area contributed by atoms with Crippen LogP contribution in [0.15, 0.2) is 36.4 Å². The summed E-state index contributed by atoms with van der Waals surface area (Å²) >= 11 is 0. The van der Waals surface area contributed by atoms with Gasteiger partial charge in [-0.1, -0.05) is 12.1 Å². The largest absolute Gasteiger partial charge is 0.491 e. The maximum absolute atomic E-state index is 14.1. The molecule has 6 nitrogen and oxygen atoms in total. The lowest BCUT2D eigenvalue weighted by Gasteiger charge is -2.41.